The zero-order valence-electron chi connectivity index (χ0n) is 9.58. The molecular weight excluding hydrogens is 315 g/mol. The summed E-state index contributed by atoms with van der Waals surface area (Å²) in [4.78, 5) is 0.0729. The molecule has 2 heterocycles. The van der Waals surface area contributed by atoms with Crippen LogP contribution in [0.5, 0.6) is 0 Å². The minimum Gasteiger partial charge on any atom is -0.316 e. The average Bonchev–Trinajstić information content (AvgIpc) is 2.88. The first-order chi connectivity index (χ1) is 8.49. The van der Waals surface area contributed by atoms with Crippen LogP contribution in [0.3, 0.4) is 0 Å². The van der Waals surface area contributed by atoms with Crippen molar-refractivity contribution >= 4 is 44.6 Å². The lowest BCUT2D eigenvalue weighted by Crippen LogP contribution is -2.26. The minimum atomic E-state index is -3.54. The van der Waals surface area contributed by atoms with Gasteiger partial charge in [-0.05, 0) is 37.9 Å². The number of halogens is 2. The molecule has 102 valence electrons. The first-order valence-corrected chi connectivity index (χ1v) is 8.70. The van der Waals surface area contributed by atoms with E-state index < -0.39 is 10.0 Å². The molecule has 0 amide bonds. The monoisotopic (exact) mass is 328 g/mol. The van der Waals surface area contributed by atoms with Crippen LogP contribution in [0.2, 0.25) is 8.67 Å². The highest BCUT2D eigenvalue weighted by Gasteiger charge is 2.21. The predicted molar refractivity (Wildman–Crippen MR) is 75.1 cm³/mol. The van der Waals surface area contributed by atoms with Gasteiger partial charge in [0.1, 0.15) is 9.23 Å². The van der Waals surface area contributed by atoms with E-state index in [2.05, 4.69) is 10.0 Å². The van der Waals surface area contributed by atoms with Crippen LogP contribution in [0.15, 0.2) is 11.0 Å². The van der Waals surface area contributed by atoms with Gasteiger partial charge >= 0.3 is 0 Å². The highest BCUT2D eigenvalue weighted by molar-refractivity contribution is 7.89. The molecule has 1 fully saturated rings. The first-order valence-electron chi connectivity index (χ1n) is 5.64. The van der Waals surface area contributed by atoms with Crippen LogP contribution >= 0.6 is 34.5 Å². The summed E-state index contributed by atoms with van der Waals surface area (Å²) in [6, 6.07) is 1.38. The van der Waals surface area contributed by atoms with Gasteiger partial charge in [0.2, 0.25) is 10.0 Å². The quantitative estimate of drug-likeness (QED) is 0.872. The van der Waals surface area contributed by atoms with Crippen LogP contribution in [0.1, 0.15) is 12.8 Å². The van der Waals surface area contributed by atoms with Crippen molar-refractivity contribution in [2.75, 3.05) is 19.6 Å². The molecule has 1 aromatic rings. The molecule has 1 aliphatic rings. The number of thiophene rings is 1. The van der Waals surface area contributed by atoms with Gasteiger partial charge in [0.15, 0.2) is 0 Å². The molecule has 1 unspecified atom stereocenters. The summed E-state index contributed by atoms with van der Waals surface area (Å²) in [5.74, 6) is 0.550. The number of sulfonamides is 1. The molecule has 18 heavy (non-hydrogen) atoms. The molecule has 0 radical (unpaired) electrons. The number of hydrogen-bond donors (Lipinski definition) is 2. The standard InChI is InChI=1S/C10H14Cl2N2O2S2/c11-9-5-8(10(12)17-9)18(15,16)14-4-2-7-1-3-13-6-7/h5,7,13-14H,1-4,6H2. The van der Waals surface area contributed by atoms with Crippen molar-refractivity contribution in [1.29, 1.82) is 0 Å². The summed E-state index contributed by atoms with van der Waals surface area (Å²) in [7, 11) is -3.54. The summed E-state index contributed by atoms with van der Waals surface area (Å²) >= 11 is 12.6. The molecule has 0 bridgehead atoms. The van der Waals surface area contributed by atoms with Gasteiger partial charge < -0.3 is 5.32 Å². The molecule has 8 heteroatoms. The molecule has 0 aliphatic carbocycles. The Morgan fingerprint density at radius 3 is 2.83 bits per heavy atom. The van der Waals surface area contributed by atoms with E-state index in [0.29, 0.717) is 16.8 Å². The second-order valence-electron chi connectivity index (χ2n) is 4.23. The molecule has 1 atom stereocenters. The number of hydrogen-bond acceptors (Lipinski definition) is 4. The summed E-state index contributed by atoms with van der Waals surface area (Å²) < 4.78 is 27.1. The molecule has 0 aromatic carbocycles. The molecule has 1 aliphatic heterocycles. The highest BCUT2D eigenvalue weighted by Crippen LogP contribution is 2.34. The molecule has 0 spiro atoms. The van der Waals surface area contributed by atoms with Crippen molar-refractivity contribution in [2.45, 2.75) is 17.7 Å². The van der Waals surface area contributed by atoms with Crippen molar-refractivity contribution < 1.29 is 8.42 Å². The summed E-state index contributed by atoms with van der Waals surface area (Å²) in [6.07, 6.45) is 1.94. The second kappa shape index (κ2) is 6.07. The molecule has 2 rings (SSSR count). The van der Waals surface area contributed by atoms with Crippen molar-refractivity contribution in [3.63, 3.8) is 0 Å². The molecule has 2 N–H and O–H groups in total. The van der Waals surface area contributed by atoms with E-state index in [-0.39, 0.29) is 9.23 Å². The van der Waals surface area contributed by atoms with Gasteiger partial charge in [-0.3, -0.25) is 0 Å². The Morgan fingerprint density at radius 2 is 2.28 bits per heavy atom. The van der Waals surface area contributed by atoms with Gasteiger partial charge in [-0.2, -0.15) is 0 Å². The third-order valence-corrected chi connectivity index (χ3v) is 6.14. The Hall–Kier alpha value is 0.150. The first kappa shape index (κ1) is 14.6. The van der Waals surface area contributed by atoms with Crippen molar-refractivity contribution in [3.05, 3.63) is 14.7 Å². The Morgan fingerprint density at radius 1 is 1.50 bits per heavy atom. The Kier molecular flexibility index (Phi) is 4.91. The van der Waals surface area contributed by atoms with E-state index in [1.54, 1.807) is 0 Å². The minimum absolute atomic E-state index is 0.0729. The van der Waals surface area contributed by atoms with Gasteiger partial charge in [0.05, 0.1) is 4.34 Å². The lowest BCUT2D eigenvalue weighted by Gasteiger charge is -2.09. The van der Waals surface area contributed by atoms with E-state index in [9.17, 15) is 8.42 Å². The van der Waals surface area contributed by atoms with Gasteiger partial charge in [0.25, 0.3) is 0 Å². The SMILES string of the molecule is O=S(=O)(NCCC1CCNC1)c1cc(Cl)sc1Cl. The van der Waals surface area contributed by atoms with Crippen LogP contribution in [-0.2, 0) is 10.0 Å². The third-order valence-electron chi connectivity index (χ3n) is 2.92. The fourth-order valence-electron chi connectivity index (χ4n) is 1.94. The maximum absolute atomic E-state index is 12.0. The van der Waals surface area contributed by atoms with E-state index in [1.165, 1.54) is 6.07 Å². The molecule has 4 nitrogen and oxygen atoms in total. The van der Waals surface area contributed by atoms with E-state index >= 15 is 0 Å². The predicted octanol–water partition coefficient (Wildman–Crippen LogP) is 2.33. The topological polar surface area (TPSA) is 58.2 Å². The second-order valence-corrected chi connectivity index (χ2v) is 8.25. The smallest absolute Gasteiger partial charge is 0.242 e. The van der Waals surface area contributed by atoms with Crippen LogP contribution in [0, 0.1) is 5.92 Å². The van der Waals surface area contributed by atoms with E-state index in [4.69, 9.17) is 23.2 Å². The highest BCUT2D eigenvalue weighted by atomic mass is 35.5. The lowest BCUT2D eigenvalue weighted by atomic mass is 10.1. The largest absolute Gasteiger partial charge is 0.316 e. The molecule has 0 saturated carbocycles. The summed E-state index contributed by atoms with van der Waals surface area (Å²) in [6.45, 7) is 2.41. The summed E-state index contributed by atoms with van der Waals surface area (Å²) in [5.41, 5.74) is 0. The zero-order valence-corrected chi connectivity index (χ0v) is 12.7. The van der Waals surface area contributed by atoms with Crippen molar-refractivity contribution in [1.82, 2.24) is 10.0 Å². The van der Waals surface area contributed by atoms with Crippen molar-refractivity contribution in [2.24, 2.45) is 5.92 Å². The fraction of sp³-hybridized carbons (Fsp3) is 0.600. The fourth-order valence-corrected chi connectivity index (χ4v) is 5.14. The maximum atomic E-state index is 12.0. The Balaban J connectivity index is 1.93. The summed E-state index contributed by atoms with van der Waals surface area (Å²) in [5, 5.41) is 3.25. The number of nitrogens with one attached hydrogen (secondary N) is 2. The Bertz CT molecular complexity index is 510. The Labute approximate surface area is 121 Å². The lowest BCUT2D eigenvalue weighted by molar-refractivity contribution is 0.519. The van der Waals surface area contributed by atoms with Gasteiger partial charge in [0, 0.05) is 6.54 Å². The third kappa shape index (κ3) is 3.59. The van der Waals surface area contributed by atoms with E-state index in [1.807, 2.05) is 0 Å². The van der Waals surface area contributed by atoms with E-state index in [0.717, 1.165) is 37.3 Å². The normalized spacial score (nSPS) is 20.4. The van der Waals surface area contributed by atoms with Gasteiger partial charge in [-0.15, -0.1) is 11.3 Å². The maximum Gasteiger partial charge on any atom is 0.242 e. The van der Waals surface area contributed by atoms with Crippen LogP contribution < -0.4 is 10.0 Å². The molecule has 1 aromatic heterocycles. The van der Waals surface area contributed by atoms with Crippen LogP contribution in [0.25, 0.3) is 0 Å². The number of rotatable bonds is 5. The molecular formula is C10H14Cl2N2O2S2. The zero-order chi connectivity index (χ0) is 13.2. The van der Waals surface area contributed by atoms with Gasteiger partial charge in [-0.1, -0.05) is 23.2 Å². The average molecular weight is 329 g/mol. The van der Waals surface area contributed by atoms with Crippen molar-refractivity contribution in [3.8, 4) is 0 Å². The molecule has 1 saturated heterocycles. The van der Waals surface area contributed by atoms with Crippen LogP contribution in [0.4, 0.5) is 0 Å². The van der Waals surface area contributed by atoms with Crippen LogP contribution in [-0.4, -0.2) is 28.1 Å². The van der Waals surface area contributed by atoms with Gasteiger partial charge in [-0.25, -0.2) is 13.1 Å².